The summed E-state index contributed by atoms with van der Waals surface area (Å²) in [5, 5.41) is 16.3. The summed E-state index contributed by atoms with van der Waals surface area (Å²) < 4.78 is 0. The van der Waals surface area contributed by atoms with Gasteiger partial charge < -0.3 is 5.11 Å². The molecule has 7 heteroatoms. The van der Waals surface area contributed by atoms with Gasteiger partial charge in [0.05, 0.1) is 11.3 Å². The van der Waals surface area contributed by atoms with Gasteiger partial charge in [-0.3, -0.25) is 15.1 Å². The Balaban J connectivity index is 1.59. The Bertz CT molecular complexity index is 1170. The first-order valence-electron chi connectivity index (χ1n) is 8.06. The molecule has 2 aromatic heterocycles. The van der Waals surface area contributed by atoms with Crippen molar-refractivity contribution in [2.75, 3.05) is 5.32 Å². The predicted molar refractivity (Wildman–Crippen MR) is 104 cm³/mol. The molecule has 2 heterocycles. The molecule has 1 amide bonds. The highest BCUT2D eigenvalue weighted by Crippen LogP contribution is 2.28. The molecule has 0 aliphatic rings. The first-order chi connectivity index (χ1) is 13.1. The third-order valence-corrected chi connectivity index (χ3v) is 4.78. The summed E-state index contributed by atoms with van der Waals surface area (Å²) in [7, 11) is 0. The molecule has 4 aromatic rings. The van der Waals surface area contributed by atoms with Crippen molar-refractivity contribution in [1.29, 1.82) is 0 Å². The number of anilines is 1. The molecule has 6 nitrogen and oxygen atoms in total. The van der Waals surface area contributed by atoms with Crippen LogP contribution in [0.1, 0.15) is 20.8 Å². The summed E-state index contributed by atoms with van der Waals surface area (Å²) in [6, 6.07) is 16.9. The van der Waals surface area contributed by atoms with Crippen LogP contribution in [0.5, 0.6) is 0 Å². The van der Waals surface area contributed by atoms with E-state index < -0.39 is 11.9 Å². The van der Waals surface area contributed by atoms with E-state index in [0.29, 0.717) is 5.13 Å². The molecule has 0 saturated heterocycles. The van der Waals surface area contributed by atoms with Gasteiger partial charge in [-0.25, -0.2) is 9.78 Å². The van der Waals surface area contributed by atoms with E-state index in [2.05, 4.69) is 15.3 Å². The topological polar surface area (TPSA) is 92.2 Å². The number of fused-ring (bicyclic) bond motifs is 1. The number of rotatable bonds is 4. The van der Waals surface area contributed by atoms with Crippen LogP contribution in [0.2, 0.25) is 0 Å². The third-order valence-electron chi connectivity index (χ3n) is 4.02. The molecule has 4 rings (SSSR count). The summed E-state index contributed by atoms with van der Waals surface area (Å²) in [5.41, 5.74) is 1.38. The van der Waals surface area contributed by atoms with Gasteiger partial charge in [-0.05, 0) is 29.0 Å². The first-order valence-corrected chi connectivity index (χ1v) is 8.94. The van der Waals surface area contributed by atoms with Gasteiger partial charge in [0, 0.05) is 17.1 Å². The van der Waals surface area contributed by atoms with Gasteiger partial charge >= 0.3 is 5.97 Å². The number of pyridine rings is 1. The van der Waals surface area contributed by atoms with Gasteiger partial charge in [0.1, 0.15) is 5.69 Å². The normalized spacial score (nSPS) is 10.7. The lowest BCUT2D eigenvalue weighted by atomic mass is 10.1. The molecule has 0 bridgehead atoms. The lowest BCUT2D eigenvalue weighted by molar-refractivity contribution is 0.0691. The van der Waals surface area contributed by atoms with E-state index in [1.807, 2.05) is 47.8 Å². The van der Waals surface area contributed by atoms with Gasteiger partial charge in [-0.1, -0.05) is 36.4 Å². The zero-order valence-electron chi connectivity index (χ0n) is 13.9. The van der Waals surface area contributed by atoms with Crippen molar-refractivity contribution in [3.63, 3.8) is 0 Å². The average molecular weight is 375 g/mol. The van der Waals surface area contributed by atoms with Crippen LogP contribution in [-0.4, -0.2) is 27.0 Å². The number of carbonyl (C=O) groups excluding carboxylic acids is 1. The van der Waals surface area contributed by atoms with E-state index >= 15 is 0 Å². The molecule has 0 aliphatic carbocycles. The molecule has 0 saturated carbocycles. The smallest absolute Gasteiger partial charge is 0.338 e. The summed E-state index contributed by atoms with van der Waals surface area (Å²) >= 11 is 1.27. The minimum atomic E-state index is -1.20. The Labute approximate surface area is 158 Å². The SMILES string of the molecule is O=C(O)c1cccnc1C(=O)Nc1nc(-c2ccc3ccccc3c2)cs1. The molecular formula is C20H13N3O3S. The molecule has 27 heavy (non-hydrogen) atoms. The number of thiazole rings is 1. The molecule has 0 radical (unpaired) electrons. The van der Waals surface area contributed by atoms with Crippen molar-refractivity contribution in [2.45, 2.75) is 0 Å². The van der Waals surface area contributed by atoms with Crippen LogP contribution in [0.15, 0.2) is 66.2 Å². The lowest BCUT2D eigenvalue weighted by Crippen LogP contribution is -2.18. The van der Waals surface area contributed by atoms with Crippen LogP contribution in [0.3, 0.4) is 0 Å². The Kier molecular flexibility index (Phi) is 4.35. The van der Waals surface area contributed by atoms with E-state index in [1.54, 1.807) is 0 Å². The fourth-order valence-corrected chi connectivity index (χ4v) is 3.44. The first kappa shape index (κ1) is 16.9. The highest BCUT2D eigenvalue weighted by Gasteiger charge is 2.18. The molecule has 2 aromatic carbocycles. The molecule has 0 unspecified atom stereocenters. The highest BCUT2D eigenvalue weighted by atomic mass is 32.1. The van der Waals surface area contributed by atoms with Crippen LogP contribution < -0.4 is 5.32 Å². The predicted octanol–water partition coefficient (Wildman–Crippen LogP) is 4.31. The van der Waals surface area contributed by atoms with E-state index in [9.17, 15) is 14.7 Å². The van der Waals surface area contributed by atoms with Crippen molar-refractivity contribution < 1.29 is 14.7 Å². The lowest BCUT2D eigenvalue weighted by Gasteiger charge is -2.04. The number of aromatic nitrogens is 2. The number of nitrogens with one attached hydrogen (secondary N) is 1. The van der Waals surface area contributed by atoms with Gasteiger partial charge in [0.25, 0.3) is 5.91 Å². The van der Waals surface area contributed by atoms with Crippen molar-refractivity contribution in [2.24, 2.45) is 0 Å². The number of carboxylic acids is 1. The number of carboxylic acid groups (broad SMARTS) is 1. The zero-order valence-corrected chi connectivity index (χ0v) is 14.7. The van der Waals surface area contributed by atoms with E-state index in [0.717, 1.165) is 22.0 Å². The van der Waals surface area contributed by atoms with E-state index in [1.165, 1.54) is 29.7 Å². The molecule has 0 fully saturated rings. The number of nitrogens with zero attached hydrogens (tertiary/aromatic N) is 2. The fourth-order valence-electron chi connectivity index (χ4n) is 2.73. The second-order valence-electron chi connectivity index (χ2n) is 5.76. The zero-order chi connectivity index (χ0) is 18.8. The third kappa shape index (κ3) is 3.40. The number of hydrogen-bond acceptors (Lipinski definition) is 5. The van der Waals surface area contributed by atoms with Crippen LogP contribution in [0.4, 0.5) is 5.13 Å². The summed E-state index contributed by atoms with van der Waals surface area (Å²) in [5.74, 6) is -1.81. The fraction of sp³-hybridized carbons (Fsp3) is 0. The average Bonchev–Trinajstić information content (AvgIpc) is 3.16. The Morgan fingerprint density at radius 2 is 1.81 bits per heavy atom. The number of hydrogen-bond donors (Lipinski definition) is 2. The second-order valence-corrected chi connectivity index (χ2v) is 6.62. The van der Waals surface area contributed by atoms with Gasteiger partial charge in [-0.2, -0.15) is 0 Å². The molecule has 0 spiro atoms. The number of amides is 1. The Morgan fingerprint density at radius 3 is 2.63 bits per heavy atom. The molecular weight excluding hydrogens is 362 g/mol. The van der Waals surface area contributed by atoms with Crippen molar-refractivity contribution in [1.82, 2.24) is 9.97 Å². The van der Waals surface area contributed by atoms with E-state index in [-0.39, 0.29) is 11.3 Å². The number of benzene rings is 2. The van der Waals surface area contributed by atoms with Gasteiger partial charge in [0.15, 0.2) is 5.13 Å². The summed E-state index contributed by atoms with van der Waals surface area (Å²) in [4.78, 5) is 31.9. The molecule has 0 atom stereocenters. The largest absolute Gasteiger partial charge is 0.478 e. The summed E-state index contributed by atoms with van der Waals surface area (Å²) in [6.45, 7) is 0. The maximum Gasteiger partial charge on any atom is 0.338 e. The minimum absolute atomic E-state index is 0.146. The Hall–Kier alpha value is -3.58. The number of aromatic carboxylic acids is 1. The van der Waals surface area contributed by atoms with Crippen molar-refractivity contribution in [3.05, 3.63) is 77.4 Å². The maximum atomic E-state index is 12.4. The Morgan fingerprint density at radius 1 is 1.00 bits per heavy atom. The van der Waals surface area contributed by atoms with Crippen LogP contribution in [-0.2, 0) is 0 Å². The standard InChI is InChI=1S/C20H13N3O3S/c24-18(17-15(19(25)26)6-3-9-21-17)23-20-22-16(11-27-20)14-8-7-12-4-1-2-5-13(12)10-14/h1-11H,(H,25,26)(H,22,23,24). The van der Waals surface area contributed by atoms with Gasteiger partial charge in [0.2, 0.25) is 0 Å². The van der Waals surface area contributed by atoms with E-state index in [4.69, 9.17) is 0 Å². The second kappa shape index (κ2) is 6.97. The quantitative estimate of drug-likeness (QED) is 0.554. The summed E-state index contributed by atoms with van der Waals surface area (Å²) in [6.07, 6.45) is 1.38. The molecule has 132 valence electrons. The number of carbonyl (C=O) groups is 2. The van der Waals surface area contributed by atoms with Crippen molar-refractivity contribution in [3.8, 4) is 11.3 Å². The maximum absolute atomic E-state index is 12.4. The van der Waals surface area contributed by atoms with Gasteiger partial charge in [-0.15, -0.1) is 11.3 Å². The van der Waals surface area contributed by atoms with Crippen molar-refractivity contribution >= 4 is 39.1 Å². The highest BCUT2D eigenvalue weighted by molar-refractivity contribution is 7.14. The monoisotopic (exact) mass is 375 g/mol. The van der Waals surface area contributed by atoms with Crippen LogP contribution >= 0.6 is 11.3 Å². The van der Waals surface area contributed by atoms with Crippen LogP contribution in [0, 0.1) is 0 Å². The molecule has 2 N–H and O–H groups in total. The van der Waals surface area contributed by atoms with Crippen LogP contribution in [0.25, 0.3) is 22.0 Å². The molecule has 0 aliphatic heterocycles. The minimum Gasteiger partial charge on any atom is -0.478 e.